The van der Waals surface area contributed by atoms with Crippen molar-refractivity contribution in [2.75, 3.05) is 56.1 Å². The maximum absolute atomic E-state index is 6.39. The van der Waals surface area contributed by atoms with Gasteiger partial charge >= 0.3 is 0 Å². The number of hydrogen-bond donors (Lipinski definition) is 2. The number of anilines is 3. The first-order chi connectivity index (χ1) is 19.6. The quantitative estimate of drug-likeness (QED) is 0.302. The van der Waals surface area contributed by atoms with Crippen molar-refractivity contribution in [2.45, 2.75) is 37.8 Å². The fraction of sp³-hybridized carbons (Fsp3) is 0.414. The van der Waals surface area contributed by atoms with Crippen molar-refractivity contribution in [3.63, 3.8) is 0 Å². The fourth-order valence-corrected chi connectivity index (χ4v) is 5.69. The van der Waals surface area contributed by atoms with Crippen molar-refractivity contribution in [2.24, 2.45) is 0 Å². The van der Waals surface area contributed by atoms with Gasteiger partial charge in [0.05, 0.1) is 38.1 Å². The molecule has 0 radical (unpaired) electrons. The molecule has 0 atom stereocenters. The Morgan fingerprint density at radius 1 is 0.925 bits per heavy atom. The largest absolute Gasteiger partial charge is 0.496 e. The molecule has 1 saturated heterocycles. The minimum atomic E-state index is 0.363. The average Bonchev–Trinajstić information content (AvgIpc) is 3.42. The number of benzene rings is 1. The molecular formula is C29H34ClN7O3. The lowest BCUT2D eigenvalue weighted by atomic mass is 9.91. The topological polar surface area (TPSA) is 98.1 Å². The molecule has 1 aromatic carbocycles. The zero-order chi connectivity index (χ0) is 27.5. The Balaban J connectivity index is 1.08. The summed E-state index contributed by atoms with van der Waals surface area (Å²) >= 11 is 6.39. The second kappa shape index (κ2) is 11.8. The SMILES string of the molecule is COc1cc(OC)c(-c2cn3ccc(NC4CCC(Nc5nccc(N6CCOCC6)n5)CC4)cc3n2)cc1Cl. The van der Waals surface area contributed by atoms with E-state index in [4.69, 9.17) is 35.8 Å². The van der Waals surface area contributed by atoms with Gasteiger partial charge in [-0.1, -0.05) is 11.6 Å². The Morgan fingerprint density at radius 2 is 1.68 bits per heavy atom. The molecule has 0 spiro atoms. The van der Waals surface area contributed by atoms with E-state index in [0.29, 0.717) is 34.6 Å². The monoisotopic (exact) mass is 563 g/mol. The van der Waals surface area contributed by atoms with Crippen LogP contribution in [-0.2, 0) is 4.74 Å². The maximum atomic E-state index is 6.39. The molecule has 1 aliphatic heterocycles. The lowest BCUT2D eigenvalue weighted by Crippen LogP contribution is -2.37. The molecule has 6 rings (SSSR count). The lowest BCUT2D eigenvalue weighted by Gasteiger charge is -2.31. The van der Waals surface area contributed by atoms with Gasteiger partial charge < -0.3 is 34.1 Å². The van der Waals surface area contributed by atoms with E-state index in [-0.39, 0.29) is 0 Å². The summed E-state index contributed by atoms with van der Waals surface area (Å²) in [6.07, 6.45) is 10.1. The molecule has 10 nitrogen and oxygen atoms in total. The number of halogens is 1. The Bertz CT molecular complexity index is 1470. The molecule has 0 bridgehead atoms. The first-order valence-electron chi connectivity index (χ1n) is 13.7. The van der Waals surface area contributed by atoms with Gasteiger partial charge in [-0.15, -0.1) is 0 Å². The average molecular weight is 564 g/mol. The van der Waals surface area contributed by atoms with Crippen LogP contribution in [0.4, 0.5) is 17.5 Å². The number of nitrogens with zero attached hydrogens (tertiary/aromatic N) is 5. The molecule has 2 aliphatic rings. The third-order valence-electron chi connectivity index (χ3n) is 7.62. The smallest absolute Gasteiger partial charge is 0.224 e. The fourth-order valence-electron chi connectivity index (χ4n) is 5.45. The molecule has 3 aromatic heterocycles. The van der Waals surface area contributed by atoms with Crippen molar-refractivity contribution in [1.82, 2.24) is 19.4 Å². The van der Waals surface area contributed by atoms with E-state index in [0.717, 1.165) is 80.4 Å². The molecule has 0 unspecified atom stereocenters. The minimum absolute atomic E-state index is 0.363. The van der Waals surface area contributed by atoms with Gasteiger partial charge in [0.15, 0.2) is 0 Å². The van der Waals surface area contributed by atoms with E-state index in [9.17, 15) is 0 Å². The van der Waals surface area contributed by atoms with E-state index in [2.05, 4.69) is 32.7 Å². The second-order valence-corrected chi connectivity index (χ2v) is 10.6. The van der Waals surface area contributed by atoms with Gasteiger partial charge in [0.25, 0.3) is 0 Å². The number of fused-ring (bicyclic) bond motifs is 1. The third-order valence-corrected chi connectivity index (χ3v) is 7.91. The van der Waals surface area contributed by atoms with Crippen LogP contribution in [0.25, 0.3) is 16.9 Å². The highest BCUT2D eigenvalue weighted by Gasteiger charge is 2.23. The summed E-state index contributed by atoms with van der Waals surface area (Å²) in [6, 6.07) is 10.5. The number of hydrogen-bond acceptors (Lipinski definition) is 9. The molecule has 1 aliphatic carbocycles. The lowest BCUT2D eigenvalue weighted by molar-refractivity contribution is 0.122. The summed E-state index contributed by atoms with van der Waals surface area (Å²) in [5, 5.41) is 7.78. The number of rotatable bonds is 8. The van der Waals surface area contributed by atoms with Crippen LogP contribution in [0.2, 0.25) is 5.02 Å². The number of nitrogens with one attached hydrogen (secondary N) is 2. The third kappa shape index (κ3) is 5.73. The molecule has 1 saturated carbocycles. The first kappa shape index (κ1) is 26.5. The summed E-state index contributed by atoms with van der Waals surface area (Å²) in [5.74, 6) is 2.89. The van der Waals surface area contributed by atoms with Gasteiger partial charge in [-0.2, -0.15) is 4.98 Å². The van der Waals surface area contributed by atoms with E-state index in [1.807, 2.05) is 35.1 Å². The molecule has 0 amide bonds. The molecular weight excluding hydrogens is 530 g/mol. The highest BCUT2D eigenvalue weighted by Crippen LogP contribution is 2.38. The second-order valence-electron chi connectivity index (χ2n) is 10.2. The number of methoxy groups -OCH3 is 2. The molecule has 2 fully saturated rings. The molecule has 2 N–H and O–H groups in total. The predicted molar refractivity (Wildman–Crippen MR) is 157 cm³/mol. The highest BCUT2D eigenvalue weighted by molar-refractivity contribution is 6.32. The Labute approximate surface area is 238 Å². The summed E-state index contributed by atoms with van der Waals surface area (Å²) in [7, 11) is 3.21. The predicted octanol–water partition coefficient (Wildman–Crippen LogP) is 5.13. The van der Waals surface area contributed by atoms with Crippen LogP contribution < -0.4 is 25.0 Å². The number of aromatic nitrogens is 4. The van der Waals surface area contributed by atoms with Crippen molar-refractivity contribution < 1.29 is 14.2 Å². The van der Waals surface area contributed by atoms with Crippen LogP contribution in [0.5, 0.6) is 11.5 Å². The maximum Gasteiger partial charge on any atom is 0.224 e. The van der Waals surface area contributed by atoms with E-state index >= 15 is 0 Å². The van der Waals surface area contributed by atoms with E-state index in [1.54, 1.807) is 20.3 Å². The van der Waals surface area contributed by atoms with Gasteiger partial charge in [0.2, 0.25) is 5.95 Å². The van der Waals surface area contributed by atoms with Crippen LogP contribution in [0, 0.1) is 0 Å². The molecule has 40 heavy (non-hydrogen) atoms. The van der Waals surface area contributed by atoms with Gasteiger partial charge in [-0.05, 0) is 43.9 Å². The normalized spacial score (nSPS) is 19.4. The van der Waals surface area contributed by atoms with Crippen LogP contribution in [0.1, 0.15) is 25.7 Å². The van der Waals surface area contributed by atoms with Crippen LogP contribution in [-0.4, -0.2) is 72.0 Å². The van der Waals surface area contributed by atoms with Crippen molar-refractivity contribution in [1.29, 1.82) is 0 Å². The standard InChI is InChI=1S/C29H34ClN7O3/c1-38-25-17-26(39-2)23(30)16-22(25)24-18-37-10-8-21(15-28(37)34-24)32-19-3-5-20(6-4-19)33-29-31-9-7-27(35-29)36-11-13-40-14-12-36/h7-10,15-20,32H,3-6,11-14H2,1-2H3,(H,31,33,35). The van der Waals surface area contributed by atoms with Gasteiger partial charge in [-0.25, -0.2) is 9.97 Å². The first-order valence-corrected chi connectivity index (χ1v) is 14.1. The van der Waals surface area contributed by atoms with E-state index in [1.165, 1.54) is 0 Å². The highest BCUT2D eigenvalue weighted by atomic mass is 35.5. The molecule has 11 heteroatoms. The van der Waals surface area contributed by atoms with Crippen LogP contribution in [0.3, 0.4) is 0 Å². The number of pyridine rings is 1. The van der Waals surface area contributed by atoms with Crippen LogP contribution in [0.15, 0.2) is 48.9 Å². The van der Waals surface area contributed by atoms with Gasteiger partial charge in [0.1, 0.15) is 23.0 Å². The van der Waals surface area contributed by atoms with Crippen molar-refractivity contribution in [3.05, 3.63) is 53.9 Å². The summed E-state index contributed by atoms with van der Waals surface area (Å²) < 4.78 is 18.4. The zero-order valence-electron chi connectivity index (χ0n) is 22.8. The number of imidazole rings is 1. The molecule has 4 heterocycles. The van der Waals surface area contributed by atoms with Gasteiger partial charge in [0, 0.05) is 67.1 Å². The molecule has 210 valence electrons. The summed E-state index contributed by atoms with van der Waals surface area (Å²) in [4.78, 5) is 16.3. The summed E-state index contributed by atoms with van der Waals surface area (Å²) in [5.41, 5.74) is 3.51. The Morgan fingerprint density at radius 3 is 2.42 bits per heavy atom. The number of morpholine rings is 1. The Kier molecular flexibility index (Phi) is 7.79. The van der Waals surface area contributed by atoms with Crippen LogP contribution >= 0.6 is 11.6 Å². The van der Waals surface area contributed by atoms with Gasteiger partial charge in [-0.3, -0.25) is 0 Å². The molecule has 4 aromatic rings. The zero-order valence-corrected chi connectivity index (χ0v) is 23.5. The Hall–Kier alpha value is -3.76. The number of ether oxygens (including phenoxy) is 3. The van der Waals surface area contributed by atoms with E-state index < -0.39 is 0 Å². The minimum Gasteiger partial charge on any atom is -0.496 e. The van der Waals surface area contributed by atoms with Crippen molar-refractivity contribution in [3.8, 4) is 22.8 Å². The summed E-state index contributed by atoms with van der Waals surface area (Å²) in [6.45, 7) is 3.21. The van der Waals surface area contributed by atoms with Crippen molar-refractivity contribution >= 4 is 34.7 Å².